The maximum Gasteiger partial charge on any atom is 0.228 e. The van der Waals surface area contributed by atoms with Crippen LogP contribution < -0.4 is 5.32 Å². The van der Waals surface area contributed by atoms with Gasteiger partial charge in [0.15, 0.2) is 0 Å². The van der Waals surface area contributed by atoms with Crippen LogP contribution in [0.3, 0.4) is 0 Å². The van der Waals surface area contributed by atoms with Crippen molar-refractivity contribution in [2.24, 2.45) is 0 Å². The van der Waals surface area contributed by atoms with Gasteiger partial charge in [-0.2, -0.15) is 15.0 Å². The number of anilines is 1. The largest absolute Gasteiger partial charge is 0.350 e. The second-order valence-corrected chi connectivity index (χ2v) is 5.72. The average molecular weight is 324 g/mol. The van der Waals surface area contributed by atoms with Gasteiger partial charge in [0.05, 0.1) is 0 Å². The summed E-state index contributed by atoms with van der Waals surface area (Å²) in [5.41, 5.74) is 1.32. The normalized spacial score (nSPS) is 18.9. The Morgan fingerprint density at radius 1 is 1.10 bits per heavy atom. The summed E-state index contributed by atoms with van der Waals surface area (Å²) >= 11 is 11.5. The molecule has 7 heteroatoms. The molecule has 1 N–H and O–H groups in total. The van der Waals surface area contributed by atoms with Crippen molar-refractivity contribution >= 4 is 29.2 Å². The van der Waals surface area contributed by atoms with Crippen molar-refractivity contribution in [2.75, 3.05) is 18.4 Å². The van der Waals surface area contributed by atoms with Gasteiger partial charge in [-0.25, -0.2) is 0 Å². The highest BCUT2D eigenvalue weighted by Crippen LogP contribution is 2.17. The third kappa shape index (κ3) is 4.03. The standard InChI is InChI=1S/C14H15Cl2N5/c15-12-18-13(16)20-14(19-12)17-11-6-7-21(9-11)8-10-4-2-1-3-5-10/h1-5,11H,6-9H2,(H,17,18,19,20). The maximum absolute atomic E-state index is 5.77. The minimum atomic E-state index is 0.108. The third-order valence-electron chi connectivity index (χ3n) is 3.44. The second-order valence-electron chi connectivity index (χ2n) is 5.05. The number of hydrogen-bond donors (Lipinski definition) is 1. The zero-order valence-electron chi connectivity index (χ0n) is 11.3. The molecule has 0 saturated carbocycles. The molecule has 5 nitrogen and oxygen atoms in total. The van der Waals surface area contributed by atoms with Gasteiger partial charge in [-0.1, -0.05) is 30.3 Å². The summed E-state index contributed by atoms with van der Waals surface area (Å²) in [5.74, 6) is 0.437. The van der Waals surface area contributed by atoms with Gasteiger partial charge in [0.1, 0.15) is 0 Å². The summed E-state index contributed by atoms with van der Waals surface area (Å²) in [6.45, 7) is 2.94. The van der Waals surface area contributed by atoms with E-state index in [-0.39, 0.29) is 10.6 Å². The molecule has 0 bridgehead atoms. The van der Waals surface area contributed by atoms with Gasteiger partial charge in [-0.05, 0) is 35.2 Å². The number of likely N-dealkylation sites (tertiary alicyclic amines) is 1. The molecule has 2 heterocycles. The number of halogens is 2. The lowest BCUT2D eigenvalue weighted by Crippen LogP contribution is -2.26. The van der Waals surface area contributed by atoms with Crippen LogP contribution in [0.4, 0.5) is 5.95 Å². The number of aromatic nitrogens is 3. The van der Waals surface area contributed by atoms with Crippen LogP contribution in [0.1, 0.15) is 12.0 Å². The molecule has 1 aromatic carbocycles. The van der Waals surface area contributed by atoms with Gasteiger partial charge < -0.3 is 5.32 Å². The predicted molar refractivity (Wildman–Crippen MR) is 83.6 cm³/mol. The molecule has 2 aromatic rings. The first-order chi connectivity index (χ1) is 10.2. The fourth-order valence-corrected chi connectivity index (χ4v) is 2.87. The van der Waals surface area contributed by atoms with E-state index in [2.05, 4.69) is 49.4 Å². The molecule has 0 radical (unpaired) electrons. The molecule has 0 amide bonds. The van der Waals surface area contributed by atoms with E-state index in [0.29, 0.717) is 12.0 Å². The van der Waals surface area contributed by atoms with Crippen LogP contribution >= 0.6 is 23.2 Å². The molecule has 21 heavy (non-hydrogen) atoms. The highest BCUT2D eigenvalue weighted by Gasteiger charge is 2.23. The minimum absolute atomic E-state index is 0.108. The van der Waals surface area contributed by atoms with E-state index in [1.807, 2.05) is 6.07 Å². The Balaban J connectivity index is 1.57. The first kappa shape index (κ1) is 14.5. The minimum Gasteiger partial charge on any atom is -0.350 e. The van der Waals surface area contributed by atoms with Crippen LogP contribution in [0, 0.1) is 0 Å². The summed E-state index contributed by atoms with van der Waals surface area (Å²) < 4.78 is 0. The second kappa shape index (κ2) is 6.56. The van der Waals surface area contributed by atoms with E-state index in [4.69, 9.17) is 23.2 Å². The molecule has 1 aliphatic heterocycles. The van der Waals surface area contributed by atoms with Gasteiger partial charge >= 0.3 is 0 Å². The van der Waals surface area contributed by atoms with Crippen LogP contribution in [0.25, 0.3) is 0 Å². The molecule has 1 saturated heterocycles. The van der Waals surface area contributed by atoms with Crippen LogP contribution in [0.15, 0.2) is 30.3 Å². The summed E-state index contributed by atoms with van der Waals surface area (Å²) in [5, 5.41) is 3.48. The topological polar surface area (TPSA) is 53.9 Å². The maximum atomic E-state index is 5.77. The predicted octanol–water partition coefficient (Wildman–Crippen LogP) is 2.86. The van der Waals surface area contributed by atoms with Crippen LogP contribution in [0.2, 0.25) is 10.6 Å². The molecular formula is C14H15Cl2N5. The first-order valence-electron chi connectivity index (χ1n) is 6.79. The zero-order valence-corrected chi connectivity index (χ0v) is 12.8. The summed E-state index contributed by atoms with van der Waals surface area (Å²) in [6.07, 6.45) is 1.04. The van der Waals surface area contributed by atoms with E-state index in [1.165, 1.54) is 5.56 Å². The van der Waals surface area contributed by atoms with Crippen molar-refractivity contribution in [2.45, 2.75) is 19.0 Å². The van der Waals surface area contributed by atoms with Crippen molar-refractivity contribution in [3.8, 4) is 0 Å². The number of hydrogen-bond acceptors (Lipinski definition) is 5. The monoisotopic (exact) mass is 323 g/mol. The number of rotatable bonds is 4. The van der Waals surface area contributed by atoms with E-state index in [9.17, 15) is 0 Å². The van der Waals surface area contributed by atoms with Gasteiger partial charge in [-0.3, -0.25) is 4.90 Å². The SMILES string of the molecule is Clc1nc(Cl)nc(NC2CCN(Cc3ccccc3)C2)n1. The van der Waals surface area contributed by atoms with Gasteiger partial charge in [0.25, 0.3) is 0 Å². The van der Waals surface area contributed by atoms with E-state index >= 15 is 0 Å². The molecule has 1 fully saturated rings. The molecule has 110 valence electrons. The van der Waals surface area contributed by atoms with E-state index in [1.54, 1.807) is 0 Å². The van der Waals surface area contributed by atoms with Crippen LogP contribution in [0.5, 0.6) is 0 Å². The smallest absolute Gasteiger partial charge is 0.228 e. The van der Waals surface area contributed by atoms with Gasteiger partial charge in [0.2, 0.25) is 16.5 Å². The highest BCUT2D eigenvalue weighted by molar-refractivity contribution is 6.31. The quantitative estimate of drug-likeness (QED) is 0.937. The summed E-state index contributed by atoms with van der Waals surface area (Å²) in [7, 11) is 0. The number of nitrogens with one attached hydrogen (secondary N) is 1. The first-order valence-corrected chi connectivity index (χ1v) is 7.54. The third-order valence-corrected chi connectivity index (χ3v) is 3.77. The van der Waals surface area contributed by atoms with Crippen LogP contribution in [-0.4, -0.2) is 39.0 Å². The van der Waals surface area contributed by atoms with Gasteiger partial charge in [-0.15, -0.1) is 0 Å². The molecule has 1 atom stereocenters. The lowest BCUT2D eigenvalue weighted by Gasteiger charge is -2.16. The highest BCUT2D eigenvalue weighted by atomic mass is 35.5. The van der Waals surface area contributed by atoms with Crippen molar-refractivity contribution in [1.29, 1.82) is 0 Å². The zero-order chi connectivity index (χ0) is 14.7. The van der Waals surface area contributed by atoms with Crippen molar-refractivity contribution in [1.82, 2.24) is 19.9 Å². The fourth-order valence-electron chi connectivity index (χ4n) is 2.51. The molecule has 1 unspecified atom stereocenters. The Bertz CT molecular complexity index is 587. The summed E-state index contributed by atoms with van der Waals surface area (Å²) in [4.78, 5) is 14.2. The fraction of sp³-hybridized carbons (Fsp3) is 0.357. The lowest BCUT2D eigenvalue weighted by molar-refractivity contribution is 0.328. The Morgan fingerprint density at radius 3 is 2.52 bits per heavy atom. The molecule has 1 aromatic heterocycles. The van der Waals surface area contributed by atoms with Crippen LogP contribution in [-0.2, 0) is 6.54 Å². The van der Waals surface area contributed by atoms with Gasteiger partial charge in [0, 0.05) is 25.7 Å². The Kier molecular flexibility index (Phi) is 4.53. The van der Waals surface area contributed by atoms with E-state index < -0.39 is 0 Å². The molecular weight excluding hydrogens is 309 g/mol. The van der Waals surface area contributed by atoms with Crippen molar-refractivity contribution < 1.29 is 0 Å². The Labute approximate surface area is 133 Å². The number of benzene rings is 1. The summed E-state index contributed by atoms with van der Waals surface area (Å²) in [6, 6.07) is 10.7. The van der Waals surface area contributed by atoms with Crippen molar-refractivity contribution in [3.63, 3.8) is 0 Å². The Morgan fingerprint density at radius 2 is 1.81 bits per heavy atom. The lowest BCUT2D eigenvalue weighted by atomic mass is 10.2. The van der Waals surface area contributed by atoms with Crippen molar-refractivity contribution in [3.05, 3.63) is 46.5 Å². The molecule has 0 spiro atoms. The molecule has 0 aliphatic carbocycles. The van der Waals surface area contributed by atoms with E-state index in [0.717, 1.165) is 26.1 Å². The average Bonchev–Trinajstić information content (AvgIpc) is 2.86. The molecule has 3 rings (SSSR count). The molecule has 1 aliphatic rings. The Hall–Kier alpha value is -1.43. The number of nitrogens with zero attached hydrogens (tertiary/aromatic N) is 4.